The Morgan fingerprint density at radius 1 is 1.14 bits per heavy atom. The molecule has 3 rings (SSSR count). The summed E-state index contributed by atoms with van der Waals surface area (Å²) in [4.78, 5) is 9.47. The molecule has 6 nitrogen and oxygen atoms in total. The van der Waals surface area contributed by atoms with Crippen LogP contribution in [0.4, 0.5) is 8.78 Å². The van der Waals surface area contributed by atoms with Gasteiger partial charge in [0.15, 0.2) is 5.96 Å². The van der Waals surface area contributed by atoms with Crippen LogP contribution in [0, 0.1) is 0 Å². The molecule has 0 bridgehead atoms. The molecule has 29 heavy (non-hydrogen) atoms. The van der Waals surface area contributed by atoms with Gasteiger partial charge < -0.3 is 15.4 Å². The van der Waals surface area contributed by atoms with Gasteiger partial charge >= 0.3 is 0 Å². The summed E-state index contributed by atoms with van der Waals surface area (Å²) < 4.78 is 30.8. The second kappa shape index (κ2) is 12.6. The van der Waals surface area contributed by atoms with Gasteiger partial charge in [0.2, 0.25) is 0 Å². The Balaban J connectivity index is 0.00000300. The molecule has 0 aromatic heterocycles. The van der Waals surface area contributed by atoms with E-state index < -0.39 is 6.43 Å². The molecule has 3 fully saturated rings. The lowest BCUT2D eigenvalue weighted by molar-refractivity contribution is -0.0139. The smallest absolute Gasteiger partial charge is 0.251 e. The molecule has 3 saturated heterocycles. The fraction of sp³-hybridized carbons (Fsp3) is 0.950. The van der Waals surface area contributed by atoms with Gasteiger partial charge in [0.05, 0.1) is 13.1 Å². The van der Waals surface area contributed by atoms with Crippen LogP contribution in [-0.2, 0) is 4.74 Å². The highest BCUT2D eigenvalue weighted by Gasteiger charge is 2.39. The summed E-state index contributed by atoms with van der Waals surface area (Å²) in [6.07, 6.45) is 4.16. The Bertz CT molecular complexity index is 491. The van der Waals surface area contributed by atoms with Gasteiger partial charge in [-0.15, -0.1) is 24.0 Å². The molecule has 0 amide bonds. The molecule has 0 aromatic rings. The lowest BCUT2D eigenvalue weighted by Gasteiger charge is -2.43. The topological polar surface area (TPSA) is 52.1 Å². The fourth-order valence-corrected chi connectivity index (χ4v) is 4.71. The standard InChI is InChI=1S/C20H37F2N5O.HI/c1-2-23-19(25-17-5-11-26(12-6-17)15-18(21)22)24-16-20(7-13-28-14-8-20)27-9-3-4-10-27;/h17-18H,2-16H2,1H3,(H2,23,24,25);1H. The number of nitrogens with zero attached hydrogens (tertiary/aromatic N) is 3. The summed E-state index contributed by atoms with van der Waals surface area (Å²) >= 11 is 0. The predicted molar refractivity (Wildman–Crippen MR) is 124 cm³/mol. The van der Waals surface area contributed by atoms with Crippen molar-refractivity contribution in [1.29, 1.82) is 0 Å². The van der Waals surface area contributed by atoms with Crippen molar-refractivity contribution >= 4 is 29.9 Å². The van der Waals surface area contributed by atoms with Crippen molar-refractivity contribution in [1.82, 2.24) is 20.4 Å². The highest BCUT2D eigenvalue weighted by atomic mass is 127. The fourth-order valence-electron chi connectivity index (χ4n) is 4.71. The third-order valence-electron chi connectivity index (χ3n) is 6.40. The average molecular weight is 529 g/mol. The van der Waals surface area contributed by atoms with E-state index in [0.717, 1.165) is 71.0 Å². The molecule has 0 aromatic carbocycles. The van der Waals surface area contributed by atoms with Gasteiger partial charge in [-0.25, -0.2) is 8.78 Å². The maximum Gasteiger partial charge on any atom is 0.251 e. The first-order valence-corrected chi connectivity index (χ1v) is 11.0. The Hall–Kier alpha value is -0.260. The molecule has 2 N–H and O–H groups in total. The molecule has 170 valence electrons. The van der Waals surface area contributed by atoms with Gasteiger partial charge in [0, 0.05) is 44.4 Å². The molecule has 0 atom stereocenters. The molecule has 0 spiro atoms. The van der Waals surface area contributed by atoms with Gasteiger partial charge in [-0.05, 0) is 58.5 Å². The number of guanidine groups is 1. The second-order valence-corrected chi connectivity index (χ2v) is 8.34. The van der Waals surface area contributed by atoms with E-state index in [1.165, 1.54) is 25.9 Å². The number of nitrogens with one attached hydrogen (secondary N) is 2. The van der Waals surface area contributed by atoms with Gasteiger partial charge in [-0.1, -0.05) is 0 Å². The number of ether oxygens (including phenoxy) is 1. The highest BCUT2D eigenvalue weighted by molar-refractivity contribution is 14.0. The quantitative estimate of drug-likeness (QED) is 0.302. The largest absolute Gasteiger partial charge is 0.381 e. The van der Waals surface area contributed by atoms with Crippen molar-refractivity contribution in [3.05, 3.63) is 0 Å². The van der Waals surface area contributed by atoms with Gasteiger partial charge in [-0.2, -0.15) is 0 Å². The van der Waals surface area contributed by atoms with E-state index in [0.29, 0.717) is 6.04 Å². The van der Waals surface area contributed by atoms with Crippen LogP contribution < -0.4 is 10.6 Å². The molecule has 3 aliphatic heterocycles. The number of hydrogen-bond donors (Lipinski definition) is 2. The minimum absolute atomic E-state index is 0. The van der Waals surface area contributed by atoms with Crippen LogP contribution in [0.2, 0.25) is 0 Å². The zero-order valence-electron chi connectivity index (χ0n) is 17.7. The van der Waals surface area contributed by atoms with Crippen LogP contribution in [0.1, 0.15) is 45.4 Å². The summed E-state index contributed by atoms with van der Waals surface area (Å²) in [7, 11) is 0. The van der Waals surface area contributed by atoms with Crippen molar-refractivity contribution in [2.45, 2.75) is 63.5 Å². The van der Waals surface area contributed by atoms with Crippen molar-refractivity contribution in [2.75, 3.05) is 59.0 Å². The van der Waals surface area contributed by atoms with Crippen LogP contribution in [0.15, 0.2) is 4.99 Å². The number of alkyl halides is 2. The van der Waals surface area contributed by atoms with Crippen LogP contribution in [0.3, 0.4) is 0 Å². The van der Waals surface area contributed by atoms with Crippen molar-refractivity contribution < 1.29 is 13.5 Å². The van der Waals surface area contributed by atoms with E-state index in [1.54, 1.807) is 0 Å². The summed E-state index contributed by atoms with van der Waals surface area (Å²) in [5.41, 5.74) is 0.123. The summed E-state index contributed by atoms with van der Waals surface area (Å²) in [6.45, 7) is 8.98. The maximum absolute atomic E-state index is 12.6. The number of rotatable bonds is 7. The molecule has 0 aliphatic carbocycles. The van der Waals surface area contributed by atoms with E-state index in [2.05, 4.69) is 22.5 Å². The maximum atomic E-state index is 12.6. The van der Waals surface area contributed by atoms with Gasteiger partial charge in [0.1, 0.15) is 0 Å². The summed E-state index contributed by atoms with van der Waals surface area (Å²) in [5.74, 6) is 0.861. The molecule has 3 aliphatic rings. The number of piperidine rings is 1. The number of halogens is 3. The lowest BCUT2D eigenvalue weighted by Crippen LogP contribution is -2.54. The van der Waals surface area contributed by atoms with Crippen LogP contribution in [0.5, 0.6) is 0 Å². The highest BCUT2D eigenvalue weighted by Crippen LogP contribution is 2.31. The number of likely N-dealkylation sites (tertiary alicyclic amines) is 2. The van der Waals surface area contributed by atoms with E-state index in [4.69, 9.17) is 9.73 Å². The van der Waals surface area contributed by atoms with E-state index in [9.17, 15) is 8.78 Å². The Labute approximate surface area is 191 Å². The average Bonchev–Trinajstić information content (AvgIpc) is 3.24. The first-order valence-electron chi connectivity index (χ1n) is 11.0. The molecule has 0 unspecified atom stereocenters. The van der Waals surface area contributed by atoms with E-state index in [1.807, 2.05) is 4.90 Å². The molecule has 9 heteroatoms. The zero-order valence-corrected chi connectivity index (χ0v) is 20.0. The summed E-state index contributed by atoms with van der Waals surface area (Å²) in [5, 5.41) is 6.93. The lowest BCUT2D eigenvalue weighted by atomic mass is 9.88. The predicted octanol–water partition coefficient (Wildman–Crippen LogP) is 2.53. The second-order valence-electron chi connectivity index (χ2n) is 8.34. The first kappa shape index (κ1) is 25.0. The van der Waals surface area contributed by atoms with Crippen molar-refractivity contribution in [3.63, 3.8) is 0 Å². The molecular weight excluding hydrogens is 491 g/mol. The molecule has 0 saturated carbocycles. The third kappa shape index (κ3) is 7.43. The van der Waals surface area contributed by atoms with E-state index >= 15 is 0 Å². The van der Waals surface area contributed by atoms with Crippen molar-refractivity contribution in [3.8, 4) is 0 Å². The monoisotopic (exact) mass is 529 g/mol. The number of aliphatic imine (C=N–C) groups is 1. The first-order chi connectivity index (χ1) is 13.6. The number of hydrogen-bond acceptors (Lipinski definition) is 4. The Morgan fingerprint density at radius 3 is 2.38 bits per heavy atom. The zero-order chi connectivity index (χ0) is 19.8. The molecule has 3 heterocycles. The normalized spacial score (nSPS) is 24.5. The van der Waals surface area contributed by atoms with E-state index in [-0.39, 0.29) is 36.1 Å². The molecule has 0 radical (unpaired) electrons. The minimum atomic E-state index is -2.25. The molecular formula is C20H38F2IN5O. The minimum Gasteiger partial charge on any atom is -0.381 e. The van der Waals surface area contributed by atoms with Crippen LogP contribution >= 0.6 is 24.0 Å². The SMILES string of the molecule is CCNC(=NCC1(N2CCCC2)CCOCC1)NC1CCN(CC(F)F)CC1.I. The van der Waals surface area contributed by atoms with Crippen LogP contribution in [0.25, 0.3) is 0 Å². The van der Waals surface area contributed by atoms with Crippen molar-refractivity contribution in [2.24, 2.45) is 4.99 Å². The Kier molecular flexibility index (Phi) is 10.8. The third-order valence-corrected chi connectivity index (χ3v) is 6.40. The summed E-state index contributed by atoms with van der Waals surface area (Å²) in [6, 6.07) is 0.296. The Morgan fingerprint density at radius 2 is 1.79 bits per heavy atom. The van der Waals surface area contributed by atoms with Crippen LogP contribution in [-0.4, -0.2) is 92.8 Å². The van der Waals surface area contributed by atoms with Gasteiger partial charge in [-0.3, -0.25) is 14.8 Å². The van der Waals surface area contributed by atoms with Gasteiger partial charge in [0.25, 0.3) is 6.43 Å².